The van der Waals surface area contributed by atoms with Gasteiger partial charge in [0.2, 0.25) is 0 Å². The van der Waals surface area contributed by atoms with Crippen molar-refractivity contribution >= 4 is 75.9 Å². The molecule has 16 aromatic rings. The van der Waals surface area contributed by atoms with Crippen LogP contribution in [-0.2, 0) is 5.41 Å². The minimum Gasteiger partial charge on any atom is -0.309 e. The highest BCUT2D eigenvalue weighted by molar-refractivity contribution is 6.25. The second-order valence-corrected chi connectivity index (χ2v) is 22.1. The topological polar surface area (TPSA) is 9.86 Å². The van der Waals surface area contributed by atoms with Gasteiger partial charge in [0.25, 0.3) is 0 Å². The van der Waals surface area contributed by atoms with Crippen LogP contribution in [0.4, 0.5) is 0 Å². The molecule has 2 aliphatic rings. The van der Waals surface area contributed by atoms with Crippen molar-refractivity contribution in [1.82, 2.24) is 9.13 Å². The Labute approximate surface area is 468 Å². The SMILES string of the molecule is c1ccc(-n2c3ccccc3c3cccc(-c4cccc5c(-c6cc7ccccc7c7c6C6(c8ccccc8-c8ccccc86)c6ccccc6-7)c6cccc(-c7cccc8c9ccccc9n(-c9ccccc9)c78)c6cc45)c32)cc1. The van der Waals surface area contributed by atoms with E-state index in [9.17, 15) is 0 Å². The molecule has 0 atom stereocenters. The molecule has 2 heteroatoms. The molecule has 2 aromatic heterocycles. The first-order valence-electron chi connectivity index (χ1n) is 28.3. The Morgan fingerprint density at radius 2 is 0.605 bits per heavy atom. The summed E-state index contributed by atoms with van der Waals surface area (Å²) >= 11 is 0. The predicted octanol–water partition coefficient (Wildman–Crippen LogP) is 20.7. The van der Waals surface area contributed by atoms with E-state index in [1.807, 2.05) is 0 Å². The molecule has 0 radical (unpaired) electrons. The molecule has 2 aliphatic carbocycles. The average molecular weight is 1030 g/mol. The van der Waals surface area contributed by atoms with E-state index in [0.717, 1.165) is 11.4 Å². The third kappa shape index (κ3) is 5.90. The number of aromatic nitrogens is 2. The summed E-state index contributed by atoms with van der Waals surface area (Å²) in [5.41, 5.74) is 24.3. The van der Waals surface area contributed by atoms with Crippen molar-refractivity contribution in [3.63, 3.8) is 0 Å². The zero-order chi connectivity index (χ0) is 52.9. The molecule has 2 heterocycles. The number of fused-ring (bicyclic) bond motifs is 20. The van der Waals surface area contributed by atoms with E-state index < -0.39 is 5.41 Å². The van der Waals surface area contributed by atoms with Crippen molar-refractivity contribution in [3.8, 4) is 67.0 Å². The summed E-state index contributed by atoms with van der Waals surface area (Å²) in [5.74, 6) is 0. The second kappa shape index (κ2) is 16.7. The van der Waals surface area contributed by atoms with Crippen LogP contribution >= 0.6 is 0 Å². The van der Waals surface area contributed by atoms with Gasteiger partial charge in [-0.1, -0.05) is 243 Å². The van der Waals surface area contributed by atoms with E-state index in [1.165, 1.54) is 154 Å². The van der Waals surface area contributed by atoms with Gasteiger partial charge in [-0.3, -0.25) is 0 Å². The molecule has 0 saturated heterocycles. The number of nitrogens with zero attached hydrogens (tertiary/aromatic N) is 2. The lowest BCUT2D eigenvalue weighted by atomic mass is 9.68. The number of hydrogen-bond acceptors (Lipinski definition) is 0. The van der Waals surface area contributed by atoms with E-state index in [0.29, 0.717) is 0 Å². The van der Waals surface area contributed by atoms with Crippen molar-refractivity contribution in [2.75, 3.05) is 0 Å². The van der Waals surface area contributed by atoms with Gasteiger partial charge in [-0.25, -0.2) is 0 Å². The fraction of sp³-hybridized carbons (Fsp3) is 0.0127. The van der Waals surface area contributed by atoms with Gasteiger partial charge in [0.05, 0.1) is 27.5 Å². The minimum atomic E-state index is -0.605. The number of benzene rings is 14. The van der Waals surface area contributed by atoms with Gasteiger partial charge >= 0.3 is 0 Å². The lowest BCUT2D eigenvalue weighted by Crippen LogP contribution is -2.26. The van der Waals surface area contributed by atoms with Gasteiger partial charge in [0.15, 0.2) is 0 Å². The van der Waals surface area contributed by atoms with Crippen LogP contribution in [-0.4, -0.2) is 9.13 Å². The molecule has 0 aliphatic heterocycles. The van der Waals surface area contributed by atoms with Crippen molar-refractivity contribution in [2.45, 2.75) is 5.41 Å². The van der Waals surface area contributed by atoms with Gasteiger partial charge < -0.3 is 9.13 Å². The monoisotopic (exact) mass is 1020 g/mol. The van der Waals surface area contributed by atoms with E-state index >= 15 is 0 Å². The lowest BCUT2D eigenvalue weighted by Gasteiger charge is -2.33. The quantitative estimate of drug-likeness (QED) is 0.152. The van der Waals surface area contributed by atoms with E-state index in [4.69, 9.17) is 0 Å². The summed E-state index contributed by atoms with van der Waals surface area (Å²) in [6.07, 6.45) is 0. The van der Waals surface area contributed by atoms with Gasteiger partial charge in [-0.05, 0) is 148 Å². The Bertz CT molecular complexity index is 5080. The van der Waals surface area contributed by atoms with Gasteiger partial charge in [-0.15, -0.1) is 0 Å². The average Bonchev–Trinajstić information content (AvgIpc) is 2.98. The zero-order valence-electron chi connectivity index (χ0n) is 44.1. The summed E-state index contributed by atoms with van der Waals surface area (Å²) < 4.78 is 4.98. The highest BCUT2D eigenvalue weighted by atomic mass is 15.0. The van der Waals surface area contributed by atoms with Crippen LogP contribution in [0.25, 0.3) is 143 Å². The molecule has 0 bridgehead atoms. The summed E-state index contributed by atoms with van der Waals surface area (Å²) in [6, 6.07) is 110. The van der Waals surface area contributed by atoms with E-state index in [-0.39, 0.29) is 0 Å². The van der Waals surface area contributed by atoms with Crippen molar-refractivity contribution in [2.24, 2.45) is 0 Å². The Hall–Kier alpha value is -10.5. The molecule has 0 fully saturated rings. The Kier molecular flexibility index (Phi) is 9.18. The molecule has 0 amide bonds. The van der Waals surface area contributed by atoms with Crippen LogP contribution in [0, 0.1) is 0 Å². The molecule has 0 saturated carbocycles. The molecule has 81 heavy (non-hydrogen) atoms. The number of rotatable bonds is 5. The lowest BCUT2D eigenvalue weighted by molar-refractivity contribution is 0.796. The highest BCUT2D eigenvalue weighted by Gasteiger charge is 2.53. The van der Waals surface area contributed by atoms with Crippen LogP contribution in [0.3, 0.4) is 0 Å². The van der Waals surface area contributed by atoms with Crippen LogP contribution in [0.15, 0.2) is 291 Å². The zero-order valence-corrected chi connectivity index (χ0v) is 44.1. The van der Waals surface area contributed by atoms with Gasteiger partial charge in [0, 0.05) is 44.0 Å². The Balaban J connectivity index is 1.05. The first-order valence-corrected chi connectivity index (χ1v) is 28.3. The summed E-state index contributed by atoms with van der Waals surface area (Å²) in [7, 11) is 0. The van der Waals surface area contributed by atoms with Gasteiger partial charge in [0.1, 0.15) is 0 Å². The van der Waals surface area contributed by atoms with Crippen molar-refractivity contribution in [3.05, 3.63) is 313 Å². The third-order valence-corrected chi connectivity index (χ3v) is 18.3. The van der Waals surface area contributed by atoms with Crippen molar-refractivity contribution < 1.29 is 0 Å². The van der Waals surface area contributed by atoms with Crippen LogP contribution in [0.2, 0.25) is 0 Å². The number of para-hydroxylation sites is 6. The largest absolute Gasteiger partial charge is 0.309 e. The smallest absolute Gasteiger partial charge is 0.0731 e. The molecule has 18 rings (SSSR count). The summed E-state index contributed by atoms with van der Waals surface area (Å²) in [4.78, 5) is 0. The Morgan fingerprint density at radius 3 is 1.14 bits per heavy atom. The van der Waals surface area contributed by atoms with Crippen molar-refractivity contribution in [1.29, 1.82) is 0 Å². The first-order chi connectivity index (χ1) is 40.3. The molecule has 14 aromatic carbocycles. The van der Waals surface area contributed by atoms with Crippen LogP contribution < -0.4 is 0 Å². The fourth-order valence-corrected chi connectivity index (χ4v) is 15.3. The molecular formula is C79H48N2. The second-order valence-electron chi connectivity index (χ2n) is 22.1. The molecule has 0 unspecified atom stereocenters. The molecule has 0 N–H and O–H groups in total. The number of hydrogen-bond donors (Lipinski definition) is 0. The summed E-state index contributed by atoms with van der Waals surface area (Å²) in [5, 5.41) is 12.3. The first kappa shape index (κ1) is 44.4. The van der Waals surface area contributed by atoms with Crippen LogP contribution in [0.5, 0.6) is 0 Å². The summed E-state index contributed by atoms with van der Waals surface area (Å²) in [6.45, 7) is 0. The molecule has 374 valence electrons. The van der Waals surface area contributed by atoms with E-state index in [2.05, 4.69) is 300 Å². The maximum Gasteiger partial charge on any atom is 0.0731 e. The third-order valence-electron chi connectivity index (χ3n) is 18.3. The maximum atomic E-state index is 2.56. The molecule has 1 spiro atoms. The van der Waals surface area contributed by atoms with Gasteiger partial charge in [-0.2, -0.15) is 0 Å². The normalized spacial score (nSPS) is 13.0. The molecular weight excluding hydrogens is 977 g/mol. The molecule has 2 nitrogen and oxygen atoms in total. The maximum absolute atomic E-state index is 2.56. The van der Waals surface area contributed by atoms with Crippen LogP contribution in [0.1, 0.15) is 22.3 Å². The predicted molar refractivity (Wildman–Crippen MR) is 340 cm³/mol. The Morgan fingerprint density at radius 1 is 0.222 bits per heavy atom. The van der Waals surface area contributed by atoms with E-state index in [1.54, 1.807) is 0 Å². The minimum absolute atomic E-state index is 0.605. The fourth-order valence-electron chi connectivity index (χ4n) is 15.3. The standard InChI is InChI=1S/C79H48N2/c1-3-24-50(25-4-1)80-72-45-17-12-31-57(72)63-40-21-38-61(77(63)80)53-34-19-36-59-66(53)48-67-54(62-39-22-41-64-58-32-13-18-46-73(58)81(78(62)64)51-26-5-2-6-27-51)35-20-37-60(67)74(59)68-47-49-23-7-8-28-52(49)75-65-33-11-16-44-71(65)79(76(68)75)69-42-14-9-29-55(69)56-30-10-15-43-70(56)79/h1-48H. The highest BCUT2D eigenvalue weighted by Crippen LogP contribution is 2.66.